The van der Waals surface area contributed by atoms with Gasteiger partial charge < -0.3 is 33.9 Å². The van der Waals surface area contributed by atoms with Crippen LogP contribution in [0.2, 0.25) is 0 Å². The Morgan fingerprint density at radius 2 is 1.46 bits per heavy atom. The van der Waals surface area contributed by atoms with Gasteiger partial charge in [-0.05, 0) is 89.3 Å². The number of nitrogens with zero attached hydrogens (tertiary/aromatic N) is 3. The minimum Gasteiger partial charge on any atom is -0.494 e. The molecule has 2 amide bonds. The van der Waals surface area contributed by atoms with E-state index in [2.05, 4.69) is 5.32 Å². The van der Waals surface area contributed by atoms with E-state index < -0.39 is 34.8 Å². The number of ether oxygens (including phenoxy) is 5. The van der Waals surface area contributed by atoms with Crippen molar-refractivity contribution in [3.8, 4) is 11.8 Å². The van der Waals surface area contributed by atoms with Gasteiger partial charge in [-0.3, -0.25) is 9.69 Å². The molecule has 1 aliphatic heterocycles. The van der Waals surface area contributed by atoms with Crippen LogP contribution < -0.4 is 19.9 Å². The van der Waals surface area contributed by atoms with Crippen molar-refractivity contribution in [2.45, 2.75) is 58.3 Å². The normalized spacial score (nSPS) is 14.6. The van der Waals surface area contributed by atoms with Crippen LogP contribution in [-0.4, -0.2) is 81.0 Å². The second-order valence-electron chi connectivity index (χ2n) is 12.2. The van der Waals surface area contributed by atoms with Crippen molar-refractivity contribution >= 4 is 40.7 Å². The van der Waals surface area contributed by atoms with Gasteiger partial charge in [-0.1, -0.05) is 0 Å². The van der Waals surface area contributed by atoms with Crippen LogP contribution in [0.3, 0.4) is 0 Å². The number of anilines is 2. The van der Waals surface area contributed by atoms with Crippen LogP contribution in [0.5, 0.6) is 5.75 Å². The van der Waals surface area contributed by atoms with E-state index in [4.69, 9.17) is 41.2 Å². The van der Waals surface area contributed by atoms with E-state index >= 15 is 0 Å². The first-order chi connectivity index (χ1) is 22.6. The van der Waals surface area contributed by atoms with Gasteiger partial charge in [0.25, 0.3) is 5.91 Å². The molecule has 0 aromatic heterocycles. The number of thiocarbonyl (C=S) groups is 1. The van der Waals surface area contributed by atoms with Crippen LogP contribution in [-0.2, 0) is 29.9 Å². The topological polar surface area (TPSA) is 123 Å². The third kappa shape index (κ3) is 10.8. The Balaban J connectivity index is 1.36. The minimum absolute atomic E-state index is 0.0114. The number of rotatable bonds is 16. The molecule has 3 rings (SSSR count). The summed E-state index contributed by atoms with van der Waals surface area (Å²) in [5, 5.41) is 11.8. The fourth-order valence-corrected chi connectivity index (χ4v) is 5.10. The first-order valence-corrected chi connectivity index (χ1v) is 15.7. The number of alkyl carbamates (subject to hydrolysis) is 1. The van der Waals surface area contributed by atoms with E-state index in [-0.39, 0.29) is 29.6 Å². The summed E-state index contributed by atoms with van der Waals surface area (Å²) in [7, 11) is 0. The third-order valence-corrected chi connectivity index (χ3v) is 7.20. The number of carbonyl (C=O) groups is 2. The number of benzene rings is 2. The number of nitrogens with one attached hydrogen (secondary N) is 1. The largest absolute Gasteiger partial charge is 0.494 e. The van der Waals surface area contributed by atoms with Gasteiger partial charge in [0.15, 0.2) is 5.11 Å². The van der Waals surface area contributed by atoms with Crippen LogP contribution >= 0.6 is 12.2 Å². The van der Waals surface area contributed by atoms with Gasteiger partial charge in [-0.25, -0.2) is 4.79 Å². The highest BCUT2D eigenvalue weighted by Gasteiger charge is 2.50. The van der Waals surface area contributed by atoms with Crippen LogP contribution in [0.25, 0.3) is 0 Å². The molecule has 15 heteroatoms. The predicted octanol–water partition coefficient (Wildman–Crippen LogP) is 5.84. The smallest absolute Gasteiger partial charge is 0.417 e. The monoisotopic (exact) mass is 694 g/mol. The van der Waals surface area contributed by atoms with Crippen molar-refractivity contribution in [3.63, 3.8) is 0 Å². The van der Waals surface area contributed by atoms with Gasteiger partial charge in [-0.2, -0.15) is 18.4 Å². The molecule has 1 fully saturated rings. The molecule has 0 radical (unpaired) electrons. The maximum atomic E-state index is 13.6. The summed E-state index contributed by atoms with van der Waals surface area (Å²) < 4.78 is 67.9. The van der Waals surface area contributed by atoms with Gasteiger partial charge in [-0.15, -0.1) is 0 Å². The van der Waals surface area contributed by atoms with Crippen LogP contribution in [0.1, 0.15) is 52.2 Å². The molecular formula is C33H41F3N4O7S. The molecule has 11 nitrogen and oxygen atoms in total. The summed E-state index contributed by atoms with van der Waals surface area (Å²) in [4.78, 5) is 27.6. The fraction of sp³-hybridized carbons (Fsp3) is 0.515. The van der Waals surface area contributed by atoms with Gasteiger partial charge in [0.2, 0.25) is 0 Å². The summed E-state index contributed by atoms with van der Waals surface area (Å²) in [6, 6.07) is 11.5. The molecule has 0 bridgehead atoms. The van der Waals surface area contributed by atoms with Gasteiger partial charge in [0, 0.05) is 24.3 Å². The summed E-state index contributed by atoms with van der Waals surface area (Å²) in [6.45, 7) is 11.7. The van der Waals surface area contributed by atoms with Crippen molar-refractivity contribution < 1.29 is 46.4 Å². The van der Waals surface area contributed by atoms with E-state index in [1.54, 1.807) is 43.0 Å². The molecule has 2 aromatic rings. The van der Waals surface area contributed by atoms with Crippen LogP contribution in [0.15, 0.2) is 42.5 Å². The van der Waals surface area contributed by atoms with E-state index in [9.17, 15) is 22.8 Å². The maximum absolute atomic E-state index is 13.6. The molecule has 0 saturated carbocycles. The average molecular weight is 695 g/mol. The summed E-state index contributed by atoms with van der Waals surface area (Å²) in [5.41, 5.74) is -2.75. The SMILES string of the molecule is CC(C)(C)NC(=O)OCCOCCOCCOCCCOc1ccc(N2C(=S)N(c3ccc(C#N)c(C(F)(F)F)c3)C(=O)C2(C)C)cc1. The number of alkyl halides is 3. The zero-order chi connectivity index (χ0) is 35.5. The number of halogens is 3. The Morgan fingerprint density at radius 1 is 0.896 bits per heavy atom. The highest BCUT2D eigenvalue weighted by molar-refractivity contribution is 7.81. The fourth-order valence-electron chi connectivity index (χ4n) is 4.58. The molecule has 1 heterocycles. The van der Waals surface area contributed by atoms with Crippen molar-refractivity contribution in [1.82, 2.24) is 5.32 Å². The van der Waals surface area contributed by atoms with Gasteiger partial charge in [0.1, 0.15) is 17.9 Å². The van der Waals surface area contributed by atoms with Crippen molar-refractivity contribution in [2.75, 3.05) is 62.7 Å². The lowest BCUT2D eigenvalue weighted by molar-refractivity contribution is -0.137. The number of amides is 2. The van der Waals surface area contributed by atoms with Crippen LogP contribution in [0, 0.1) is 11.3 Å². The van der Waals surface area contributed by atoms with E-state index in [1.165, 1.54) is 12.1 Å². The average Bonchev–Trinajstić information content (AvgIpc) is 3.18. The van der Waals surface area contributed by atoms with Gasteiger partial charge >= 0.3 is 12.3 Å². The Hall–Kier alpha value is -3.97. The quantitative estimate of drug-likeness (QED) is 0.170. The molecule has 1 N–H and O–H groups in total. The molecule has 48 heavy (non-hydrogen) atoms. The molecular weight excluding hydrogens is 653 g/mol. The zero-order valence-electron chi connectivity index (χ0n) is 27.6. The van der Waals surface area contributed by atoms with Crippen molar-refractivity contribution in [2.24, 2.45) is 0 Å². The molecule has 0 aliphatic carbocycles. The second-order valence-corrected chi connectivity index (χ2v) is 12.6. The molecule has 0 unspecified atom stereocenters. The van der Waals surface area contributed by atoms with Gasteiger partial charge in [0.05, 0.1) is 62.5 Å². The number of nitriles is 1. The number of hydrogen-bond acceptors (Lipinski definition) is 9. The highest BCUT2D eigenvalue weighted by Crippen LogP contribution is 2.39. The highest BCUT2D eigenvalue weighted by atomic mass is 32.1. The predicted molar refractivity (Wildman–Crippen MR) is 176 cm³/mol. The van der Waals surface area contributed by atoms with E-state index in [0.29, 0.717) is 57.5 Å². The molecule has 0 spiro atoms. The Labute approximate surface area is 283 Å². The molecule has 262 valence electrons. The standard InChI is InChI=1S/C33H41F3N4O7S/c1-31(2,3)38-29(42)47-20-19-45-18-17-44-16-15-43-13-6-14-46-26-11-9-24(10-12-26)40-30(48)39(28(41)32(40,4)5)25-8-7-23(22-37)27(21-25)33(34,35)36/h7-12,21H,6,13-20H2,1-5H3,(H,38,42). The van der Waals surface area contributed by atoms with E-state index in [1.807, 2.05) is 20.8 Å². The minimum atomic E-state index is -4.78. The van der Waals surface area contributed by atoms with Crippen molar-refractivity contribution in [3.05, 3.63) is 53.6 Å². The second kappa shape index (κ2) is 16.9. The Morgan fingerprint density at radius 3 is 2.02 bits per heavy atom. The molecule has 2 aromatic carbocycles. The summed E-state index contributed by atoms with van der Waals surface area (Å²) in [6.07, 6.45) is -4.63. The third-order valence-electron chi connectivity index (χ3n) is 6.83. The van der Waals surface area contributed by atoms with Crippen molar-refractivity contribution in [1.29, 1.82) is 5.26 Å². The number of carbonyl (C=O) groups excluding carboxylic acids is 2. The Kier molecular flexibility index (Phi) is 13.6. The number of hydrogen-bond donors (Lipinski definition) is 1. The molecule has 1 saturated heterocycles. The summed E-state index contributed by atoms with van der Waals surface area (Å²) in [5.74, 6) is 0.0732. The zero-order valence-corrected chi connectivity index (χ0v) is 28.5. The first-order valence-electron chi connectivity index (χ1n) is 15.3. The lowest BCUT2D eigenvalue weighted by Gasteiger charge is -2.29. The van der Waals surface area contributed by atoms with Crippen LogP contribution in [0.4, 0.5) is 29.3 Å². The Bertz CT molecular complexity index is 1460. The molecule has 1 aliphatic rings. The van der Waals surface area contributed by atoms with E-state index in [0.717, 1.165) is 17.0 Å². The lowest BCUT2D eigenvalue weighted by Crippen LogP contribution is -2.44. The molecule has 0 atom stereocenters. The summed E-state index contributed by atoms with van der Waals surface area (Å²) >= 11 is 5.58. The maximum Gasteiger partial charge on any atom is 0.417 e. The lowest BCUT2D eigenvalue weighted by atomic mass is 10.0. The first kappa shape index (κ1) is 38.5.